The summed E-state index contributed by atoms with van der Waals surface area (Å²) in [5.41, 5.74) is 8.03. The minimum Gasteiger partial charge on any atom is -0.0940 e. The molecule has 0 atom stereocenters. The van der Waals surface area contributed by atoms with Crippen molar-refractivity contribution in [3.05, 3.63) is 22.6 Å². The van der Waals surface area contributed by atoms with Gasteiger partial charge in [0.1, 0.15) is 0 Å². The number of hydrogen-bond acceptors (Lipinski definition) is 1. The molecule has 0 N–H and O–H groups in total. The van der Waals surface area contributed by atoms with Crippen LogP contribution in [0.1, 0.15) is 51.9 Å². The first-order valence-corrected chi connectivity index (χ1v) is 5.57. The van der Waals surface area contributed by atoms with Crippen molar-refractivity contribution in [1.29, 1.82) is 0 Å². The molecule has 0 saturated carbocycles. The summed E-state index contributed by atoms with van der Waals surface area (Å²) in [7, 11) is 0. The SMILES string of the molecule is CCCCCC/C=C/CCCN=[N+]=[N-]. The number of nitrogens with zero attached hydrogens (tertiary/aromatic N) is 3. The van der Waals surface area contributed by atoms with Crippen molar-refractivity contribution >= 4 is 0 Å². The number of rotatable bonds is 9. The third-order valence-electron chi connectivity index (χ3n) is 2.08. The highest BCUT2D eigenvalue weighted by atomic mass is 15.1. The van der Waals surface area contributed by atoms with Crippen LogP contribution < -0.4 is 0 Å². The maximum atomic E-state index is 8.03. The van der Waals surface area contributed by atoms with E-state index in [1.54, 1.807) is 0 Å². The van der Waals surface area contributed by atoms with Crippen LogP contribution >= 0.6 is 0 Å². The molecule has 0 unspecified atom stereocenters. The molecule has 0 aromatic rings. The summed E-state index contributed by atoms with van der Waals surface area (Å²) in [4.78, 5) is 2.70. The van der Waals surface area contributed by atoms with E-state index in [1.165, 1.54) is 32.1 Å². The lowest BCUT2D eigenvalue weighted by Crippen LogP contribution is -1.77. The Hall–Kier alpha value is -0.950. The highest BCUT2D eigenvalue weighted by molar-refractivity contribution is 4.81. The minimum absolute atomic E-state index is 0.622. The summed E-state index contributed by atoms with van der Waals surface area (Å²) in [6.45, 7) is 2.85. The molecule has 0 saturated heterocycles. The standard InChI is InChI=1S/C11H21N3/c1-2-3-4-5-6-7-8-9-10-11-13-14-12/h7-8H,2-6,9-11H2,1H3/b8-7+. The Morgan fingerprint density at radius 2 is 1.79 bits per heavy atom. The fraction of sp³-hybridized carbons (Fsp3) is 0.818. The van der Waals surface area contributed by atoms with Gasteiger partial charge in [-0.05, 0) is 31.2 Å². The third kappa shape index (κ3) is 11.1. The monoisotopic (exact) mass is 195 g/mol. The Labute approximate surface area is 86.8 Å². The second-order valence-electron chi connectivity index (χ2n) is 3.42. The van der Waals surface area contributed by atoms with Crippen molar-refractivity contribution in [2.75, 3.05) is 6.54 Å². The molecule has 0 aromatic carbocycles. The van der Waals surface area contributed by atoms with Crippen molar-refractivity contribution in [1.82, 2.24) is 0 Å². The van der Waals surface area contributed by atoms with E-state index in [4.69, 9.17) is 5.53 Å². The zero-order chi connectivity index (χ0) is 10.5. The second kappa shape index (κ2) is 12.0. The van der Waals surface area contributed by atoms with Gasteiger partial charge in [0.05, 0.1) is 0 Å². The van der Waals surface area contributed by atoms with Crippen LogP contribution in [0.4, 0.5) is 0 Å². The fourth-order valence-electron chi connectivity index (χ4n) is 1.25. The van der Waals surface area contributed by atoms with Crippen LogP contribution in [0.2, 0.25) is 0 Å². The van der Waals surface area contributed by atoms with Gasteiger partial charge in [-0.3, -0.25) is 0 Å². The van der Waals surface area contributed by atoms with E-state index in [2.05, 4.69) is 29.1 Å². The van der Waals surface area contributed by atoms with E-state index in [0.29, 0.717) is 6.54 Å². The Balaban J connectivity index is 3.07. The summed E-state index contributed by atoms with van der Waals surface area (Å²) in [5, 5.41) is 3.48. The number of azide groups is 1. The maximum Gasteiger partial charge on any atom is 0.0260 e. The van der Waals surface area contributed by atoms with Gasteiger partial charge in [0.25, 0.3) is 0 Å². The predicted molar refractivity (Wildman–Crippen MR) is 61.1 cm³/mol. The van der Waals surface area contributed by atoms with Crippen molar-refractivity contribution < 1.29 is 0 Å². The van der Waals surface area contributed by atoms with E-state index in [1.807, 2.05) is 0 Å². The van der Waals surface area contributed by atoms with Crippen LogP contribution in [0.25, 0.3) is 10.4 Å². The molecular formula is C11H21N3. The molecule has 0 aliphatic rings. The average molecular weight is 195 g/mol. The smallest absolute Gasteiger partial charge is 0.0260 e. The van der Waals surface area contributed by atoms with Gasteiger partial charge in [-0.25, -0.2) is 0 Å². The van der Waals surface area contributed by atoms with Crippen LogP contribution in [0.5, 0.6) is 0 Å². The average Bonchev–Trinajstić information content (AvgIpc) is 2.21. The summed E-state index contributed by atoms with van der Waals surface area (Å²) in [6, 6.07) is 0. The van der Waals surface area contributed by atoms with Crippen molar-refractivity contribution in [2.45, 2.75) is 51.9 Å². The quantitative estimate of drug-likeness (QED) is 0.170. The van der Waals surface area contributed by atoms with Crippen molar-refractivity contribution in [3.8, 4) is 0 Å². The van der Waals surface area contributed by atoms with Gasteiger partial charge >= 0.3 is 0 Å². The van der Waals surface area contributed by atoms with Gasteiger partial charge < -0.3 is 0 Å². The van der Waals surface area contributed by atoms with Crippen LogP contribution in [0.15, 0.2) is 17.3 Å². The number of unbranched alkanes of at least 4 members (excludes halogenated alkanes) is 5. The van der Waals surface area contributed by atoms with E-state index in [9.17, 15) is 0 Å². The van der Waals surface area contributed by atoms with Crippen LogP contribution in [-0.4, -0.2) is 6.54 Å². The third-order valence-corrected chi connectivity index (χ3v) is 2.08. The summed E-state index contributed by atoms with van der Waals surface area (Å²) < 4.78 is 0. The molecule has 14 heavy (non-hydrogen) atoms. The number of hydrogen-bond donors (Lipinski definition) is 0. The number of allylic oxidation sites excluding steroid dienone is 2. The molecule has 0 radical (unpaired) electrons. The topological polar surface area (TPSA) is 48.8 Å². The normalized spacial score (nSPS) is 10.4. The van der Waals surface area contributed by atoms with Crippen LogP contribution in [0.3, 0.4) is 0 Å². The summed E-state index contributed by atoms with van der Waals surface area (Å²) in [6.07, 6.45) is 12.9. The highest BCUT2D eigenvalue weighted by Crippen LogP contribution is 2.03. The zero-order valence-corrected chi connectivity index (χ0v) is 9.15. The molecule has 0 amide bonds. The molecule has 0 fully saturated rings. The predicted octanol–water partition coefficient (Wildman–Crippen LogP) is 4.60. The van der Waals surface area contributed by atoms with Gasteiger partial charge in [0.15, 0.2) is 0 Å². The molecular weight excluding hydrogens is 174 g/mol. The lowest BCUT2D eigenvalue weighted by atomic mass is 10.1. The molecule has 0 heterocycles. The molecule has 3 nitrogen and oxygen atoms in total. The Morgan fingerprint density at radius 3 is 2.43 bits per heavy atom. The Kier molecular flexibility index (Phi) is 11.2. The van der Waals surface area contributed by atoms with E-state index in [-0.39, 0.29) is 0 Å². The van der Waals surface area contributed by atoms with Gasteiger partial charge in [-0.2, -0.15) is 0 Å². The summed E-state index contributed by atoms with van der Waals surface area (Å²) in [5.74, 6) is 0. The first-order chi connectivity index (χ1) is 6.91. The van der Waals surface area contributed by atoms with E-state index < -0.39 is 0 Å². The van der Waals surface area contributed by atoms with Crippen LogP contribution in [0, 0.1) is 0 Å². The molecule has 0 spiro atoms. The second-order valence-corrected chi connectivity index (χ2v) is 3.42. The summed E-state index contributed by atoms with van der Waals surface area (Å²) >= 11 is 0. The highest BCUT2D eigenvalue weighted by Gasteiger charge is 1.84. The van der Waals surface area contributed by atoms with E-state index >= 15 is 0 Å². The van der Waals surface area contributed by atoms with Gasteiger partial charge in [0, 0.05) is 11.5 Å². The van der Waals surface area contributed by atoms with Crippen molar-refractivity contribution in [2.24, 2.45) is 5.11 Å². The molecule has 0 aliphatic carbocycles. The van der Waals surface area contributed by atoms with Crippen LogP contribution in [-0.2, 0) is 0 Å². The molecule has 80 valence electrons. The van der Waals surface area contributed by atoms with Gasteiger partial charge in [-0.1, -0.05) is 43.5 Å². The largest absolute Gasteiger partial charge is 0.0940 e. The van der Waals surface area contributed by atoms with E-state index in [0.717, 1.165) is 12.8 Å². The maximum absolute atomic E-state index is 8.03. The first kappa shape index (κ1) is 13.1. The molecule has 0 bridgehead atoms. The fourth-order valence-corrected chi connectivity index (χ4v) is 1.25. The molecule has 0 rings (SSSR count). The van der Waals surface area contributed by atoms with Gasteiger partial charge in [-0.15, -0.1) is 0 Å². The Bertz CT molecular complexity index is 181. The van der Waals surface area contributed by atoms with Gasteiger partial charge in [0.2, 0.25) is 0 Å². The lowest BCUT2D eigenvalue weighted by Gasteiger charge is -1.94. The lowest BCUT2D eigenvalue weighted by molar-refractivity contribution is 0.673. The molecule has 0 aliphatic heterocycles. The molecule has 3 heteroatoms. The molecule has 0 aromatic heterocycles. The first-order valence-electron chi connectivity index (χ1n) is 5.57. The minimum atomic E-state index is 0.622. The zero-order valence-electron chi connectivity index (χ0n) is 9.15. The Morgan fingerprint density at radius 1 is 1.07 bits per heavy atom. The van der Waals surface area contributed by atoms with Crippen molar-refractivity contribution in [3.63, 3.8) is 0 Å².